The highest BCUT2D eigenvalue weighted by Crippen LogP contribution is 2.31. The van der Waals surface area contributed by atoms with Crippen LogP contribution in [0.5, 0.6) is 11.5 Å². The molecule has 2 amide bonds. The van der Waals surface area contributed by atoms with Gasteiger partial charge >= 0.3 is 6.03 Å². The summed E-state index contributed by atoms with van der Waals surface area (Å²) in [4.78, 5) is 12.9. The van der Waals surface area contributed by atoms with E-state index in [-0.39, 0.29) is 5.82 Å². The van der Waals surface area contributed by atoms with Crippen LogP contribution >= 0.6 is 23.4 Å². The van der Waals surface area contributed by atoms with Crippen molar-refractivity contribution < 1.29 is 18.7 Å². The van der Waals surface area contributed by atoms with Gasteiger partial charge in [0.15, 0.2) is 11.0 Å². The number of carbonyl (C=O) groups is 1. The zero-order chi connectivity index (χ0) is 27.2. The number of thioether (sulfide) groups is 1. The zero-order valence-corrected chi connectivity index (χ0v) is 22.9. The summed E-state index contributed by atoms with van der Waals surface area (Å²) in [6.45, 7) is 3.78. The lowest BCUT2D eigenvalue weighted by Gasteiger charge is -2.18. The van der Waals surface area contributed by atoms with E-state index in [0.29, 0.717) is 38.9 Å². The normalized spacial score (nSPS) is 11.6. The molecule has 0 aliphatic heterocycles. The molecule has 0 fully saturated rings. The Labute approximate surface area is 229 Å². The fraction of sp³-hybridized carbons (Fsp3) is 0.222. The van der Waals surface area contributed by atoms with Gasteiger partial charge in [0, 0.05) is 34.7 Å². The number of benzene rings is 3. The van der Waals surface area contributed by atoms with Crippen LogP contribution in [0.2, 0.25) is 5.02 Å². The molecule has 38 heavy (non-hydrogen) atoms. The van der Waals surface area contributed by atoms with Crippen molar-refractivity contribution in [2.45, 2.75) is 30.8 Å². The smallest absolute Gasteiger partial charge is 0.319 e. The molecule has 1 aromatic heterocycles. The first-order chi connectivity index (χ1) is 18.3. The highest BCUT2D eigenvalue weighted by molar-refractivity contribution is 7.98. The number of hydrogen-bond donors (Lipinski definition) is 2. The van der Waals surface area contributed by atoms with Crippen LogP contribution in [0.4, 0.5) is 14.9 Å². The maximum Gasteiger partial charge on any atom is 0.319 e. The van der Waals surface area contributed by atoms with Crippen molar-refractivity contribution in [3.63, 3.8) is 0 Å². The lowest BCUT2D eigenvalue weighted by Crippen LogP contribution is -2.32. The molecule has 3 aromatic carbocycles. The molecule has 1 heterocycles. The second-order valence-electron chi connectivity index (χ2n) is 8.44. The third-order valence-electron chi connectivity index (χ3n) is 5.70. The molecular formula is C27H27ClFN5O3S. The molecule has 0 saturated carbocycles. The van der Waals surface area contributed by atoms with Crippen LogP contribution in [0.25, 0.3) is 5.69 Å². The number of hydrogen-bond acceptors (Lipinski definition) is 6. The summed E-state index contributed by atoms with van der Waals surface area (Å²) in [6, 6.07) is 16.0. The maximum absolute atomic E-state index is 13.3. The summed E-state index contributed by atoms with van der Waals surface area (Å²) < 4.78 is 25.8. The molecule has 4 rings (SSSR count). The number of urea groups is 1. The maximum atomic E-state index is 13.3. The topological polar surface area (TPSA) is 90.3 Å². The van der Waals surface area contributed by atoms with Gasteiger partial charge in [-0.05, 0) is 49.2 Å². The van der Waals surface area contributed by atoms with Crippen LogP contribution in [-0.4, -0.2) is 35.0 Å². The Balaban J connectivity index is 1.59. The molecule has 0 bridgehead atoms. The minimum Gasteiger partial charge on any atom is -0.497 e. The molecule has 1 atom stereocenters. The third kappa shape index (κ3) is 6.56. The fourth-order valence-electron chi connectivity index (χ4n) is 3.74. The molecule has 1 unspecified atom stereocenters. The number of rotatable bonds is 9. The van der Waals surface area contributed by atoms with Crippen molar-refractivity contribution in [2.75, 3.05) is 19.5 Å². The van der Waals surface area contributed by atoms with E-state index in [1.54, 1.807) is 30.3 Å². The van der Waals surface area contributed by atoms with Crippen molar-refractivity contribution in [3.8, 4) is 17.2 Å². The predicted octanol–water partition coefficient (Wildman–Crippen LogP) is 6.56. The highest BCUT2D eigenvalue weighted by atomic mass is 35.5. The van der Waals surface area contributed by atoms with Crippen molar-refractivity contribution in [1.82, 2.24) is 20.1 Å². The van der Waals surface area contributed by atoms with Gasteiger partial charge < -0.3 is 20.1 Å². The Morgan fingerprint density at radius 1 is 1.05 bits per heavy atom. The number of ether oxygens (including phenoxy) is 2. The van der Waals surface area contributed by atoms with Gasteiger partial charge in [0.05, 0.1) is 25.9 Å². The SMILES string of the molecule is COc1cc(NC(=O)NC(C)c2nnc(SCc3ccc(F)cc3)n2-c2cc(Cl)ccc2C)cc(OC)c1. The van der Waals surface area contributed by atoms with Crippen molar-refractivity contribution in [2.24, 2.45) is 0 Å². The van der Waals surface area contributed by atoms with Crippen LogP contribution in [0.3, 0.4) is 0 Å². The van der Waals surface area contributed by atoms with Gasteiger partial charge in [-0.25, -0.2) is 9.18 Å². The van der Waals surface area contributed by atoms with Gasteiger partial charge in [-0.3, -0.25) is 4.57 Å². The summed E-state index contributed by atoms with van der Waals surface area (Å²) in [7, 11) is 3.08. The lowest BCUT2D eigenvalue weighted by atomic mass is 10.2. The van der Waals surface area contributed by atoms with E-state index < -0.39 is 12.1 Å². The summed E-state index contributed by atoms with van der Waals surface area (Å²) in [5, 5.41) is 15.7. The fourth-order valence-corrected chi connectivity index (χ4v) is 4.82. The molecule has 0 spiro atoms. The van der Waals surface area contributed by atoms with Crippen molar-refractivity contribution >= 4 is 35.1 Å². The molecule has 198 valence electrons. The van der Waals surface area contributed by atoms with Crippen molar-refractivity contribution in [3.05, 3.63) is 88.5 Å². The summed E-state index contributed by atoms with van der Waals surface area (Å²) in [6.07, 6.45) is 0. The minimum atomic E-state index is -0.520. The predicted molar refractivity (Wildman–Crippen MR) is 147 cm³/mol. The van der Waals surface area contributed by atoms with Crippen LogP contribution in [0.15, 0.2) is 65.8 Å². The highest BCUT2D eigenvalue weighted by Gasteiger charge is 2.22. The van der Waals surface area contributed by atoms with Gasteiger partial charge in [-0.15, -0.1) is 10.2 Å². The Morgan fingerprint density at radius 3 is 2.39 bits per heavy atom. The molecule has 2 N–H and O–H groups in total. The number of halogens is 2. The molecule has 0 aliphatic rings. The number of amides is 2. The van der Waals surface area contributed by atoms with E-state index in [4.69, 9.17) is 21.1 Å². The third-order valence-corrected chi connectivity index (χ3v) is 6.93. The number of carbonyl (C=O) groups excluding carboxylic acids is 1. The van der Waals surface area contributed by atoms with E-state index in [1.165, 1.54) is 38.1 Å². The number of nitrogens with zero attached hydrogens (tertiary/aromatic N) is 3. The molecule has 8 nitrogen and oxygen atoms in total. The average Bonchev–Trinajstić information content (AvgIpc) is 3.33. The summed E-state index contributed by atoms with van der Waals surface area (Å²) in [5.41, 5.74) is 3.20. The van der Waals surface area contributed by atoms with E-state index in [2.05, 4.69) is 20.8 Å². The first kappa shape index (κ1) is 27.3. The van der Waals surface area contributed by atoms with Gasteiger partial charge in [-0.1, -0.05) is 41.6 Å². The number of anilines is 1. The van der Waals surface area contributed by atoms with E-state index in [1.807, 2.05) is 36.6 Å². The monoisotopic (exact) mass is 555 g/mol. The second-order valence-corrected chi connectivity index (χ2v) is 9.82. The number of nitrogens with one attached hydrogen (secondary N) is 2. The van der Waals surface area contributed by atoms with Gasteiger partial charge in [-0.2, -0.15) is 0 Å². The molecule has 0 saturated heterocycles. The van der Waals surface area contributed by atoms with Gasteiger partial charge in [0.2, 0.25) is 0 Å². The number of aryl methyl sites for hydroxylation is 1. The Bertz CT molecular complexity index is 1410. The molecule has 4 aromatic rings. The quantitative estimate of drug-likeness (QED) is 0.227. The Kier molecular flexibility index (Phi) is 8.75. The van der Waals surface area contributed by atoms with Crippen LogP contribution < -0.4 is 20.1 Å². The lowest BCUT2D eigenvalue weighted by molar-refractivity contribution is 0.248. The molecular weight excluding hydrogens is 529 g/mol. The first-order valence-electron chi connectivity index (χ1n) is 11.7. The van der Waals surface area contributed by atoms with Crippen LogP contribution in [-0.2, 0) is 5.75 Å². The van der Waals surface area contributed by atoms with E-state index in [9.17, 15) is 9.18 Å². The minimum absolute atomic E-state index is 0.288. The largest absolute Gasteiger partial charge is 0.497 e. The van der Waals surface area contributed by atoms with Gasteiger partial charge in [0.1, 0.15) is 17.3 Å². The summed E-state index contributed by atoms with van der Waals surface area (Å²) in [5.74, 6) is 1.89. The summed E-state index contributed by atoms with van der Waals surface area (Å²) >= 11 is 7.78. The van der Waals surface area contributed by atoms with E-state index >= 15 is 0 Å². The van der Waals surface area contributed by atoms with Gasteiger partial charge in [0.25, 0.3) is 0 Å². The standard InChI is InChI=1S/C27H27ClFN5O3S/c1-16-5-8-19(28)11-24(16)34-25(32-33-27(34)38-15-18-6-9-20(29)10-7-18)17(2)30-26(35)31-21-12-22(36-3)14-23(13-21)37-4/h5-14,17H,15H2,1-4H3,(H2,30,31,35). The zero-order valence-electron chi connectivity index (χ0n) is 21.3. The number of methoxy groups -OCH3 is 2. The molecule has 0 aliphatic carbocycles. The Morgan fingerprint density at radius 2 is 1.74 bits per heavy atom. The first-order valence-corrected chi connectivity index (χ1v) is 13.0. The van der Waals surface area contributed by atoms with E-state index in [0.717, 1.165) is 16.8 Å². The average molecular weight is 556 g/mol. The molecule has 11 heteroatoms. The van der Waals surface area contributed by atoms with Crippen LogP contribution in [0, 0.1) is 12.7 Å². The van der Waals surface area contributed by atoms with Crippen molar-refractivity contribution in [1.29, 1.82) is 0 Å². The second kappa shape index (κ2) is 12.2. The molecule has 0 radical (unpaired) electrons. The number of aromatic nitrogens is 3. The van der Waals surface area contributed by atoms with Crippen LogP contribution in [0.1, 0.15) is 29.9 Å². The Hall–Kier alpha value is -3.76.